The predicted octanol–water partition coefficient (Wildman–Crippen LogP) is 4.98. The Morgan fingerprint density at radius 3 is 2.73 bits per heavy atom. The summed E-state index contributed by atoms with van der Waals surface area (Å²) in [5.74, 6) is 0.998. The average Bonchev–Trinajstić information content (AvgIpc) is 3.10. The lowest BCUT2D eigenvalue weighted by molar-refractivity contribution is -0.0768. The number of carbonyl (C=O) groups excluding carboxylic acids is 1. The molecule has 1 saturated carbocycles. The number of benzene rings is 1. The highest BCUT2D eigenvalue weighted by Crippen LogP contribution is 2.49. The van der Waals surface area contributed by atoms with Crippen molar-refractivity contribution in [2.24, 2.45) is 0 Å². The molecule has 1 spiro atoms. The number of nitrogens with zero attached hydrogens (tertiary/aromatic N) is 1. The molecule has 5 rings (SSSR count). The van der Waals surface area contributed by atoms with Crippen LogP contribution in [0.25, 0.3) is 11.0 Å². The maximum atomic E-state index is 13.2. The summed E-state index contributed by atoms with van der Waals surface area (Å²) in [5, 5.41) is 8.36. The summed E-state index contributed by atoms with van der Waals surface area (Å²) in [7, 11) is 0. The Labute approximate surface area is 181 Å². The van der Waals surface area contributed by atoms with E-state index in [9.17, 15) is 4.79 Å². The van der Waals surface area contributed by atoms with Gasteiger partial charge in [0.2, 0.25) is 0 Å². The number of ether oxygens (including phenoxy) is 1. The van der Waals surface area contributed by atoms with Crippen LogP contribution in [0.4, 0.5) is 5.69 Å². The van der Waals surface area contributed by atoms with Crippen molar-refractivity contribution in [3.63, 3.8) is 0 Å². The summed E-state index contributed by atoms with van der Waals surface area (Å²) in [6, 6.07) is 3.70. The molecule has 1 saturated heterocycles. The van der Waals surface area contributed by atoms with Crippen LogP contribution in [0.3, 0.4) is 0 Å². The van der Waals surface area contributed by atoms with Gasteiger partial charge in [-0.15, -0.1) is 0 Å². The standard InChI is InChI=1S/C23H28ClN3O3/c1-14-25-19-16(24)11-15-12-17(21(28)27-9-10-29-22(2,3)13-27)30-20(15)18(19)23(26-14)7-5-4-6-8-23/h11-12,25-26H,1,4-10,13H2,2-3H3. The number of carbonyl (C=O) groups is 1. The van der Waals surface area contributed by atoms with E-state index in [-0.39, 0.29) is 17.0 Å². The zero-order chi connectivity index (χ0) is 21.1. The number of morpholine rings is 1. The molecule has 2 fully saturated rings. The largest absolute Gasteiger partial charge is 0.450 e. The van der Waals surface area contributed by atoms with Gasteiger partial charge in [0, 0.05) is 24.0 Å². The first-order valence-electron chi connectivity index (χ1n) is 10.7. The summed E-state index contributed by atoms with van der Waals surface area (Å²) in [6.07, 6.45) is 5.44. The number of nitrogens with one attached hydrogen (secondary N) is 2. The second-order valence-corrected chi connectivity index (χ2v) is 9.75. The molecule has 0 bridgehead atoms. The van der Waals surface area contributed by atoms with E-state index in [1.165, 1.54) is 6.42 Å². The number of rotatable bonds is 1. The first-order chi connectivity index (χ1) is 14.3. The SMILES string of the molecule is C=C1Nc2c(Cl)cc3cc(C(=O)N4CCOC(C)(C)C4)oc3c2C2(CCCCC2)N1. The van der Waals surface area contributed by atoms with Crippen molar-refractivity contribution in [3.05, 3.63) is 40.9 Å². The molecule has 1 amide bonds. The molecular weight excluding hydrogens is 402 g/mol. The van der Waals surface area contributed by atoms with E-state index in [2.05, 4.69) is 17.2 Å². The lowest BCUT2D eigenvalue weighted by atomic mass is 9.74. The molecule has 2 aliphatic heterocycles. The summed E-state index contributed by atoms with van der Waals surface area (Å²) in [4.78, 5) is 15.0. The zero-order valence-electron chi connectivity index (χ0n) is 17.6. The minimum atomic E-state index is -0.358. The highest BCUT2D eigenvalue weighted by molar-refractivity contribution is 6.34. The van der Waals surface area contributed by atoms with Crippen molar-refractivity contribution in [1.82, 2.24) is 10.2 Å². The summed E-state index contributed by atoms with van der Waals surface area (Å²) in [6.45, 7) is 9.73. The Balaban J connectivity index is 1.61. The quantitative estimate of drug-likeness (QED) is 0.669. The van der Waals surface area contributed by atoms with E-state index in [1.807, 2.05) is 30.9 Å². The van der Waals surface area contributed by atoms with Crippen LogP contribution < -0.4 is 10.6 Å². The van der Waals surface area contributed by atoms with Crippen molar-refractivity contribution in [1.29, 1.82) is 0 Å². The van der Waals surface area contributed by atoms with Crippen molar-refractivity contribution in [2.75, 3.05) is 25.0 Å². The third kappa shape index (κ3) is 3.17. The van der Waals surface area contributed by atoms with Gasteiger partial charge in [-0.25, -0.2) is 0 Å². The van der Waals surface area contributed by atoms with E-state index in [4.69, 9.17) is 20.8 Å². The molecule has 2 aromatic rings. The monoisotopic (exact) mass is 429 g/mol. The van der Waals surface area contributed by atoms with Crippen LogP contribution in [0.2, 0.25) is 5.02 Å². The zero-order valence-corrected chi connectivity index (χ0v) is 18.3. The van der Waals surface area contributed by atoms with Crippen molar-refractivity contribution in [2.45, 2.75) is 57.1 Å². The lowest BCUT2D eigenvalue weighted by Gasteiger charge is -2.44. The maximum absolute atomic E-state index is 13.2. The van der Waals surface area contributed by atoms with E-state index in [0.717, 1.165) is 53.7 Å². The van der Waals surface area contributed by atoms with Gasteiger partial charge in [-0.2, -0.15) is 0 Å². The van der Waals surface area contributed by atoms with Crippen LogP contribution in [0.15, 0.2) is 28.9 Å². The maximum Gasteiger partial charge on any atom is 0.289 e. The second-order valence-electron chi connectivity index (χ2n) is 9.34. The number of amides is 1. The van der Waals surface area contributed by atoms with Crippen molar-refractivity contribution in [3.8, 4) is 0 Å². The highest BCUT2D eigenvalue weighted by Gasteiger charge is 2.42. The number of halogens is 1. The minimum absolute atomic E-state index is 0.105. The first-order valence-corrected chi connectivity index (χ1v) is 11.1. The van der Waals surface area contributed by atoms with Crippen LogP contribution in [0.5, 0.6) is 0 Å². The molecule has 2 N–H and O–H groups in total. The Hall–Kier alpha value is -2.18. The van der Waals surface area contributed by atoms with Gasteiger partial charge in [-0.1, -0.05) is 37.4 Å². The number of hydrogen-bond donors (Lipinski definition) is 2. The van der Waals surface area contributed by atoms with Crippen LogP contribution in [-0.4, -0.2) is 36.1 Å². The fourth-order valence-corrected chi connectivity index (χ4v) is 5.50. The molecule has 6 nitrogen and oxygen atoms in total. The van der Waals surface area contributed by atoms with Crippen LogP contribution >= 0.6 is 11.6 Å². The summed E-state index contributed by atoms with van der Waals surface area (Å²) in [5.41, 5.74) is 1.98. The molecule has 30 heavy (non-hydrogen) atoms. The molecule has 0 atom stereocenters. The van der Waals surface area contributed by atoms with Crippen LogP contribution in [-0.2, 0) is 10.3 Å². The van der Waals surface area contributed by atoms with Gasteiger partial charge in [0.25, 0.3) is 5.91 Å². The highest BCUT2D eigenvalue weighted by atomic mass is 35.5. The smallest absolute Gasteiger partial charge is 0.289 e. The van der Waals surface area contributed by atoms with E-state index in [0.29, 0.717) is 30.5 Å². The Kier molecular flexibility index (Phi) is 4.56. The predicted molar refractivity (Wildman–Crippen MR) is 118 cm³/mol. The number of hydrogen-bond acceptors (Lipinski definition) is 5. The van der Waals surface area contributed by atoms with Gasteiger partial charge in [0.05, 0.1) is 34.3 Å². The van der Waals surface area contributed by atoms with Gasteiger partial charge >= 0.3 is 0 Å². The molecule has 1 aromatic carbocycles. The molecule has 0 radical (unpaired) electrons. The van der Waals surface area contributed by atoms with Crippen molar-refractivity contribution >= 4 is 34.2 Å². The molecule has 160 valence electrons. The molecule has 0 unspecified atom stereocenters. The molecule has 1 aromatic heterocycles. The van der Waals surface area contributed by atoms with Crippen molar-refractivity contribution < 1.29 is 13.9 Å². The summed E-state index contributed by atoms with van der Waals surface area (Å²) >= 11 is 6.68. The van der Waals surface area contributed by atoms with Gasteiger partial charge < -0.3 is 24.7 Å². The van der Waals surface area contributed by atoms with Gasteiger partial charge in [-0.05, 0) is 38.8 Å². The average molecular weight is 430 g/mol. The Morgan fingerprint density at radius 2 is 2.00 bits per heavy atom. The number of fused-ring (bicyclic) bond motifs is 4. The van der Waals surface area contributed by atoms with Crippen LogP contribution in [0, 0.1) is 0 Å². The minimum Gasteiger partial charge on any atom is -0.450 e. The lowest BCUT2D eigenvalue weighted by Crippen LogP contribution is -2.50. The molecular formula is C23H28ClN3O3. The molecule has 3 heterocycles. The van der Waals surface area contributed by atoms with E-state index < -0.39 is 0 Å². The van der Waals surface area contributed by atoms with Gasteiger partial charge in [0.15, 0.2) is 5.76 Å². The Morgan fingerprint density at radius 1 is 1.23 bits per heavy atom. The number of anilines is 1. The fourth-order valence-electron chi connectivity index (χ4n) is 5.24. The second kappa shape index (κ2) is 6.92. The first kappa shape index (κ1) is 19.8. The van der Waals surface area contributed by atoms with Crippen LogP contribution in [0.1, 0.15) is 62.1 Å². The van der Waals surface area contributed by atoms with E-state index >= 15 is 0 Å². The Bertz CT molecular complexity index is 1040. The van der Waals surface area contributed by atoms with E-state index in [1.54, 1.807) is 0 Å². The molecule has 7 heteroatoms. The fraction of sp³-hybridized carbons (Fsp3) is 0.522. The number of furan rings is 1. The summed E-state index contributed by atoms with van der Waals surface area (Å²) < 4.78 is 12.0. The topological polar surface area (TPSA) is 66.7 Å². The van der Waals surface area contributed by atoms with Gasteiger partial charge in [-0.3, -0.25) is 4.79 Å². The molecule has 3 aliphatic rings. The molecule has 1 aliphatic carbocycles. The third-order valence-corrected chi connectivity index (χ3v) is 6.83. The normalized spacial score (nSPS) is 22.5. The van der Waals surface area contributed by atoms with Gasteiger partial charge in [0.1, 0.15) is 5.58 Å². The third-order valence-electron chi connectivity index (χ3n) is 6.53.